The standard InChI is InChI=1S/C15H24N2O/c1-11-6-8-13(9-7-11)17(3)15-14(12(2)18)5-4-10-16-15/h4-5,10-13,18H,6-9H2,1-3H3. The molecule has 1 N–H and O–H groups in total. The van der Waals surface area contributed by atoms with Crippen LogP contribution in [-0.2, 0) is 0 Å². The van der Waals surface area contributed by atoms with Crippen molar-refractivity contribution >= 4 is 5.82 Å². The lowest BCUT2D eigenvalue weighted by molar-refractivity contribution is 0.199. The second kappa shape index (κ2) is 5.70. The van der Waals surface area contributed by atoms with Crippen molar-refractivity contribution in [2.75, 3.05) is 11.9 Å². The van der Waals surface area contributed by atoms with Gasteiger partial charge in [0, 0.05) is 24.8 Å². The van der Waals surface area contributed by atoms with Gasteiger partial charge in [-0.2, -0.15) is 0 Å². The first-order chi connectivity index (χ1) is 8.59. The maximum Gasteiger partial charge on any atom is 0.134 e. The van der Waals surface area contributed by atoms with Crippen LogP contribution in [0.2, 0.25) is 0 Å². The van der Waals surface area contributed by atoms with Gasteiger partial charge in [-0.15, -0.1) is 0 Å². The Hall–Kier alpha value is -1.09. The van der Waals surface area contributed by atoms with Crippen molar-refractivity contribution in [3.8, 4) is 0 Å². The molecular formula is C15H24N2O. The molecule has 3 heteroatoms. The molecule has 18 heavy (non-hydrogen) atoms. The molecule has 0 aliphatic heterocycles. The molecule has 100 valence electrons. The van der Waals surface area contributed by atoms with E-state index in [1.54, 1.807) is 6.92 Å². The molecule has 2 rings (SSSR count). The zero-order valence-electron chi connectivity index (χ0n) is 11.6. The molecule has 1 aromatic rings. The normalized spacial score (nSPS) is 25.8. The molecule has 3 nitrogen and oxygen atoms in total. The lowest BCUT2D eigenvalue weighted by atomic mass is 9.86. The van der Waals surface area contributed by atoms with E-state index in [4.69, 9.17) is 0 Å². The summed E-state index contributed by atoms with van der Waals surface area (Å²) in [6.07, 6.45) is 6.40. The van der Waals surface area contributed by atoms with Crippen molar-refractivity contribution in [2.45, 2.75) is 51.7 Å². The molecule has 1 fully saturated rings. The predicted molar refractivity (Wildman–Crippen MR) is 74.7 cm³/mol. The Kier molecular flexibility index (Phi) is 4.23. The first kappa shape index (κ1) is 13.3. The Morgan fingerprint density at radius 2 is 2.00 bits per heavy atom. The molecule has 0 saturated heterocycles. The minimum atomic E-state index is -0.460. The van der Waals surface area contributed by atoms with Crippen LogP contribution in [0.5, 0.6) is 0 Å². The van der Waals surface area contributed by atoms with Crippen molar-refractivity contribution in [1.29, 1.82) is 0 Å². The van der Waals surface area contributed by atoms with Crippen molar-refractivity contribution in [1.82, 2.24) is 4.98 Å². The minimum Gasteiger partial charge on any atom is -0.389 e. The summed E-state index contributed by atoms with van der Waals surface area (Å²) in [6, 6.07) is 4.42. The summed E-state index contributed by atoms with van der Waals surface area (Å²) in [6.45, 7) is 4.13. The second-order valence-electron chi connectivity index (χ2n) is 5.62. The van der Waals surface area contributed by atoms with E-state index >= 15 is 0 Å². The first-order valence-corrected chi connectivity index (χ1v) is 6.95. The van der Waals surface area contributed by atoms with Crippen LogP contribution in [-0.4, -0.2) is 23.2 Å². The average Bonchev–Trinajstić information content (AvgIpc) is 2.39. The molecule has 1 heterocycles. The zero-order valence-corrected chi connectivity index (χ0v) is 11.6. The Bertz CT molecular complexity index is 384. The molecule has 1 aliphatic rings. The third-order valence-electron chi connectivity index (χ3n) is 4.13. The van der Waals surface area contributed by atoms with Crippen LogP contribution in [0.3, 0.4) is 0 Å². The topological polar surface area (TPSA) is 36.4 Å². The Morgan fingerprint density at radius 3 is 2.61 bits per heavy atom. The number of anilines is 1. The maximum absolute atomic E-state index is 9.83. The van der Waals surface area contributed by atoms with Gasteiger partial charge in [0.25, 0.3) is 0 Å². The first-order valence-electron chi connectivity index (χ1n) is 6.95. The third kappa shape index (κ3) is 2.83. The van der Waals surface area contributed by atoms with Gasteiger partial charge in [-0.05, 0) is 44.6 Å². The van der Waals surface area contributed by atoms with Gasteiger partial charge in [-0.25, -0.2) is 4.98 Å². The number of hydrogen-bond acceptors (Lipinski definition) is 3. The largest absolute Gasteiger partial charge is 0.389 e. The van der Waals surface area contributed by atoms with Crippen molar-refractivity contribution in [3.63, 3.8) is 0 Å². The van der Waals surface area contributed by atoms with Crippen LogP contribution < -0.4 is 4.90 Å². The fourth-order valence-corrected chi connectivity index (χ4v) is 2.83. The Morgan fingerprint density at radius 1 is 1.33 bits per heavy atom. The summed E-state index contributed by atoms with van der Waals surface area (Å²) >= 11 is 0. The van der Waals surface area contributed by atoms with E-state index in [0.29, 0.717) is 6.04 Å². The van der Waals surface area contributed by atoms with E-state index in [9.17, 15) is 5.11 Å². The van der Waals surface area contributed by atoms with Crippen LogP contribution in [0.1, 0.15) is 51.2 Å². The van der Waals surface area contributed by atoms with Gasteiger partial charge in [0.1, 0.15) is 5.82 Å². The zero-order chi connectivity index (χ0) is 13.1. The van der Waals surface area contributed by atoms with E-state index in [0.717, 1.165) is 17.3 Å². The number of hydrogen-bond donors (Lipinski definition) is 1. The monoisotopic (exact) mass is 248 g/mol. The van der Waals surface area contributed by atoms with Gasteiger partial charge in [0.2, 0.25) is 0 Å². The summed E-state index contributed by atoms with van der Waals surface area (Å²) in [7, 11) is 2.11. The SMILES string of the molecule is CC1CCC(N(C)c2ncccc2C(C)O)CC1. The summed E-state index contributed by atoms with van der Waals surface area (Å²) in [4.78, 5) is 6.72. The lowest BCUT2D eigenvalue weighted by Crippen LogP contribution is -2.36. The molecule has 0 amide bonds. The van der Waals surface area contributed by atoms with Crippen LogP contribution in [0.25, 0.3) is 0 Å². The van der Waals surface area contributed by atoms with E-state index in [1.165, 1.54) is 25.7 Å². The minimum absolute atomic E-state index is 0.460. The van der Waals surface area contributed by atoms with E-state index in [-0.39, 0.29) is 0 Å². The number of nitrogens with zero attached hydrogens (tertiary/aromatic N) is 2. The van der Waals surface area contributed by atoms with Crippen molar-refractivity contribution in [2.24, 2.45) is 5.92 Å². The van der Waals surface area contributed by atoms with Gasteiger partial charge in [0.15, 0.2) is 0 Å². The highest BCUT2D eigenvalue weighted by Crippen LogP contribution is 2.31. The van der Waals surface area contributed by atoms with Crippen LogP contribution in [0, 0.1) is 5.92 Å². The summed E-state index contributed by atoms with van der Waals surface area (Å²) in [5, 5.41) is 9.83. The van der Waals surface area contributed by atoms with E-state index in [1.807, 2.05) is 18.3 Å². The highest BCUT2D eigenvalue weighted by Gasteiger charge is 2.24. The third-order valence-corrected chi connectivity index (χ3v) is 4.13. The smallest absolute Gasteiger partial charge is 0.134 e. The number of rotatable bonds is 3. The van der Waals surface area contributed by atoms with Crippen molar-refractivity contribution < 1.29 is 5.11 Å². The maximum atomic E-state index is 9.83. The van der Waals surface area contributed by atoms with E-state index < -0.39 is 6.10 Å². The molecule has 0 radical (unpaired) electrons. The highest BCUT2D eigenvalue weighted by atomic mass is 16.3. The molecule has 1 aromatic heterocycles. The molecular weight excluding hydrogens is 224 g/mol. The summed E-state index contributed by atoms with van der Waals surface area (Å²) in [5.74, 6) is 1.79. The lowest BCUT2D eigenvalue weighted by Gasteiger charge is -2.35. The predicted octanol–water partition coefficient (Wildman–Crippen LogP) is 3.15. The quantitative estimate of drug-likeness (QED) is 0.892. The molecule has 1 unspecified atom stereocenters. The molecule has 0 aromatic carbocycles. The van der Waals surface area contributed by atoms with Crippen LogP contribution >= 0.6 is 0 Å². The van der Waals surface area contributed by atoms with Crippen LogP contribution in [0.4, 0.5) is 5.82 Å². The molecule has 0 bridgehead atoms. The summed E-state index contributed by atoms with van der Waals surface area (Å²) in [5.41, 5.74) is 0.929. The highest BCUT2D eigenvalue weighted by molar-refractivity contribution is 5.48. The molecule has 1 saturated carbocycles. The van der Waals surface area contributed by atoms with E-state index in [2.05, 4.69) is 23.9 Å². The number of aromatic nitrogens is 1. The van der Waals surface area contributed by atoms with Gasteiger partial charge in [0.05, 0.1) is 6.10 Å². The Labute approximate surface area is 110 Å². The fraction of sp³-hybridized carbons (Fsp3) is 0.667. The van der Waals surface area contributed by atoms with Gasteiger partial charge in [-0.1, -0.05) is 13.0 Å². The Balaban J connectivity index is 2.15. The van der Waals surface area contributed by atoms with Crippen LogP contribution in [0.15, 0.2) is 18.3 Å². The second-order valence-corrected chi connectivity index (χ2v) is 5.62. The van der Waals surface area contributed by atoms with Gasteiger partial charge < -0.3 is 10.0 Å². The number of pyridine rings is 1. The number of aliphatic hydroxyl groups is 1. The van der Waals surface area contributed by atoms with Gasteiger partial charge >= 0.3 is 0 Å². The molecule has 1 atom stereocenters. The summed E-state index contributed by atoms with van der Waals surface area (Å²) < 4.78 is 0. The van der Waals surface area contributed by atoms with Crippen molar-refractivity contribution in [3.05, 3.63) is 23.9 Å². The van der Waals surface area contributed by atoms with Gasteiger partial charge in [-0.3, -0.25) is 0 Å². The number of aliphatic hydroxyl groups excluding tert-OH is 1. The molecule has 1 aliphatic carbocycles. The molecule has 0 spiro atoms. The fourth-order valence-electron chi connectivity index (χ4n) is 2.83. The average molecular weight is 248 g/mol.